The number of benzene rings is 1. The van der Waals surface area contributed by atoms with Crippen LogP contribution >= 0.6 is 11.8 Å². The largest absolute Gasteiger partial charge is 0.459 e. The van der Waals surface area contributed by atoms with E-state index in [-0.39, 0.29) is 30.4 Å². The van der Waals surface area contributed by atoms with Crippen molar-refractivity contribution in [3.8, 4) is 0 Å². The minimum Gasteiger partial charge on any atom is -0.459 e. The summed E-state index contributed by atoms with van der Waals surface area (Å²) in [6.45, 7) is 14.1. The van der Waals surface area contributed by atoms with E-state index < -0.39 is 0 Å². The molecule has 0 N–H and O–H groups in total. The third-order valence-corrected chi connectivity index (χ3v) is 7.35. The maximum absolute atomic E-state index is 13.2. The number of amidine groups is 1. The Hall–Kier alpha value is -2.58. The summed E-state index contributed by atoms with van der Waals surface area (Å²) >= 11 is 1.51. The summed E-state index contributed by atoms with van der Waals surface area (Å²) in [6.07, 6.45) is 0.0506. The van der Waals surface area contributed by atoms with Gasteiger partial charge in [0.1, 0.15) is 0 Å². The number of aliphatic imine (C=N–C) groups is 1. The van der Waals surface area contributed by atoms with Gasteiger partial charge in [-0.3, -0.25) is 4.79 Å². The van der Waals surface area contributed by atoms with Crippen LogP contribution in [0.1, 0.15) is 51.3 Å². The lowest BCUT2D eigenvalue weighted by atomic mass is 9.93. The monoisotopic (exact) mass is 482 g/mol. The number of fused-ring (bicyclic) bond motifs is 1. The van der Waals surface area contributed by atoms with E-state index in [1.807, 2.05) is 62.3 Å². The number of rotatable bonds is 6. The van der Waals surface area contributed by atoms with Crippen molar-refractivity contribution in [3.63, 3.8) is 0 Å². The van der Waals surface area contributed by atoms with Gasteiger partial charge in [0.05, 0.1) is 29.8 Å². The van der Waals surface area contributed by atoms with Gasteiger partial charge in [-0.2, -0.15) is 0 Å². The summed E-state index contributed by atoms with van der Waals surface area (Å²) in [4.78, 5) is 37.5. The van der Waals surface area contributed by atoms with Gasteiger partial charge in [0.15, 0.2) is 5.17 Å². The predicted molar refractivity (Wildman–Crippen MR) is 136 cm³/mol. The highest BCUT2D eigenvalue weighted by molar-refractivity contribution is 8.16. The molecule has 8 heteroatoms. The molecule has 1 atom stereocenters. The Bertz CT molecular complexity index is 1040. The van der Waals surface area contributed by atoms with Crippen LogP contribution in [-0.2, 0) is 14.3 Å². The smallest absolute Gasteiger partial charge is 0.338 e. The van der Waals surface area contributed by atoms with Gasteiger partial charge in [0, 0.05) is 31.9 Å². The van der Waals surface area contributed by atoms with Gasteiger partial charge in [0.2, 0.25) is 5.91 Å². The Kier molecular flexibility index (Phi) is 7.48. The Morgan fingerprint density at radius 3 is 2.41 bits per heavy atom. The molecule has 0 spiro atoms. The van der Waals surface area contributed by atoms with E-state index in [0.29, 0.717) is 11.3 Å². The highest BCUT2D eigenvalue weighted by Crippen LogP contribution is 2.45. The van der Waals surface area contributed by atoms with Crippen molar-refractivity contribution in [2.45, 2.75) is 53.2 Å². The zero-order valence-corrected chi connectivity index (χ0v) is 21.5. The molecule has 1 amide bonds. The van der Waals surface area contributed by atoms with Gasteiger partial charge in [-0.25, -0.2) is 9.79 Å². The number of esters is 1. The van der Waals surface area contributed by atoms with Gasteiger partial charge in [-0.1, -0.05) is 48.5 Å². The van der Waals surface area contributed by atoms with E-state index in [0.717, 1.165) is 54.7 Å². The average Bonchev–Trinajstić information content (AvgIpc) is 3.20. The van der Waals surface area contributed by atoms with E-state index in [4.69, 9.17) is 9.73 Å². The lowest BCUT2D eigenvalue weighted by molar-refractivity contribution is -0.143. The molecule has 4 rings (SSSR count). The Labute approximate surface area is 206 Å². The van der Waals surface area contributed by atoms with E-state index in [1.54, 1.807) is 0 Å². The fourth-order valence-corrected chi connectivity index (χ4v) is 5.52. The average molecular weight is 483 g/mol. The first-order chi connectivity index (χ1) is 16.3. The van der Waals surface area contributed by atoms with E-state index in [2.05, 4.69) is 16.7 Å². The second-order valence-corrected chi connectivity index (χ2v) is 10.1. The fourth-order valence-electron chi connectivity index (χ4n) is 4.55. The number of carbonyl (C=O) groups is 2. The molecule has 1 fully saturated rings. The Morgan fingerprint density at radius 1 is 1.12 bits per heavy atom. The number of ether oxygens (including phenoxy) is 1. The summed E-state index contributed by atoms with van der Waals surface area (Å²) in [5.74, 6) is -0.247. The molecule has 0 radical (unpaired) electrons. The molecule has 1 aromatic rings. The highest BCUT2D eigenvalue weighted by Gasteiger charge is 2.41. The second-order valence-electron chi connectivity index (χ2n) is 9.25. The molecule has 1 aromatic carbocycles. The van der Waals surface area contributed by atoms with Crippen LogP contribution in [-0.4, -0.2) is 70.6 Å². The number of nitrogens with zero attached hydrogens (tertiary/aromatic N) is 4. The molecule has 7 nitrogen and oxygen atoms in total. The van der Waals surface area contributed by atoms with Crippen molar-refractivity contribution in [2.75, 3.05) is 32.7 Å². The summed E-state index contributed by atoms with van der Waals surface area (Å²) in [6, 6.07) is 7.81. The molecule has 0 unspecified atom stereocenters. The maximum Gasteiger partial charge on any atom is 0.338 e. The first kappa shape index (κ1) is 24.5. The first-order valence-electron chi connectivity index (χ1n) is 12.0. The number of hydrogen-bond donors (Lipinski definition) is 0. The quantitative estimate of drug-likeness (QED) is 0.570. The van der Waals surface area contributed by atoms with Gasteiger partial charge >= 0.3 is 5.97 Å². The molecule has 34 heavy (non-hydrogen) atoms. The summed E-state index contributed by atoms with van der Waals surface area (Å²) < 4.78 is 5.62. The summed E-state index contributed by atoms with van der Waals surface area (Å²) in [7, 11) is 0. The van der Waals surface area contributed by atoms with E-state index >= 15 is 0 Å². The van der Waals surface area contributed by atoms with Crippen LogP contribution in [0.5, 0.6) is 0 Å². The molecule has 3 aliphatic rings. The summed E-state index contributed by atoms with van der Waals surface area (Å²) in [5.41, 5.74) is 4.18. The molecule has 3 heterocycles. The topological polar surface area (TPSA) is 65.4 Å². The van der Waals surface area contributed by atoms with Crippen molar-refractivity contribution in [1.29, 1.82) is 0 Å². The molecular formula is C26H34N4O3S. The Balaban J connectivity index is 1.63. The molecule has 0 saturated carbocycles. The predicted octanol–water partition coefficient (Wildman–Crippen LogP) is 4.08. The molecule has 0 bridgehead atoms. The van der Waals surface area contributed by atoms with E-state index in [9.17, 15) is 9.59 Å². The number of allylic oxidation sites excluding steroid dienone is 1. The van der Waals surface area contributed by atoms with Crippen molar-refractivity contribution < 1.29 is 14.3 Å². The van der Waals surface area contributed by atoms with Gasteiger partial charge in [0.25, 0.3) is 0 Å². The van der Waals surface area contributed by atoms with Crippen molar-refractivity contribution in [3.05, 3.63) is 57.8 Å². The molecule has 0 aliphatic carbocycles. The SMILES string of the molecule is CCN1CCN(C(=O)CC2=CSC3=NC(C)=C(C(=O)OC(C)C)[C@H](c4ccc(C)cc4)N23)CC1. The lowest BCUT2D eigenvalue weighted by Gasteiger charge is -2.38. The van der Waals surface area contributed by atoms with E-state index in [1.165, 1.54) is 11.8 Å². The third kappa shape index (κ3) is 5.08. The maximum atomic E-state index is 13.2. The highest BCUT2D eigenvalue weighted by atomic mass is 32.2. The van der Waals surface area contributed by atoms with Gasteiger partial charge in [-0.15, -0.1) is 0 Å². The fraction of sp³-hybridized carbons (Fsp3) is 0.500. The summed E-state index contributed by atoms with van der Waals surface area (Å²) in [5, 5.41) is 2.80. The molecular weight excluding hydrogens is 448 g/mol. The van der Waals surface area contributed by atoms with Gasteiger partial charge in [-0.05, 0) is 45.2 Å². The Morgan fingerprint density at radius 2 is 1.79 bits per heavy atom. The number of aryl methyl sites for hydroxylation is 1. The first-order valence-corrected chi connectivity index (χ1v) is 12.9. The van der Waals surface area contributed by atoms with Crippen LogP contribution in [0.15, 0.2) is 51.6 Å². The molecule has 182 valence electrons. The van der Waals surface area contributed by atoms with Gasteiger partial charge < -0.3 is 19.4 Å². The minimum atomic E-state index is -0.384. The number of thioether (sulfide) groups is 1. The van der Waals surface area contributed by atoms with Crippen LogP contribution in [0.2, 0.25) is 0 Å². The zero-order valence-electron chi connectivity index (χ0n) is 20.7. The van der Waals surface area contributed by atoms with Crippen molar-refractivity contribution in [1.82, 2.24) is 14.7 Å². The third-order valence-electron chi connectivity index (χ3n) is 6.46. The number of carbonyl (C=O) groups excluding carboxylic acids is 2. The van der Waals surface area contributed by atoms with Crippen molar-refractivity contribution in [2.24, 2.45) is 4.99 Å². The standard InChI is InChI=1S/C26H34N4O3S/c1-6-28-11-13-29(14-12-28)22(31)15-21-16-34-26-27-19(5)23(25(32)33-17(2)3)24(30(21)26)20-9-7-18(4)8-10-20/h7-10,16-17,24H,6,11-15H2,1-5H3/t24-/m0/s1. The van der Waals surface area contributed by atoms with Crippen LogP contribution in [0.25, 0.3) is 0 Å². The molecule has 3 aliphatic heterocycles. The van der Waals surface area contributed by atoms with Crippen LogP contribution < -0.4 is 0 Å². The molecule has 1 saturated heterocycles. The zero-order chi connectivity index (χ0) is 24.4. The molecule has 0 aromatic heterocycles. The number of hydrogen-bond acceptors (Lipinski definition) is 7. The van der Waals surface area contributed by atoms with Crippen molar-refractivity contribution >= 4 is 28.8 Å². The minimum absolute atomic E-state index is 0.115. The number of likely N-dealkylation sites (N-methyl/N-ethyl adjacent to an activating group) is 1. The number of amides is 1. The normalized spacial score (nSPS) is 20.9. The van der Waals surface area contributed by atoms with Crippen LogP contribution in [0, 0.1) is 6.92 Å². The van der Waals surface area contributed by atoms with Crippen LogP contribution in [0.3, 0.4) is 0 Å². The lowest BCUT2D eigenvalue weighted by Crippen LogP contribution is -2.49. The van der Waals surface area contributed by atoms with Crippen LogP contribution in [0.4, 0.5) is 0 Å². The number of piperazine rings is 1. The second kappa shape index (κ2) is 10.4.